The number of hydrogen-bond acceptors (Lipinski definition) is 8. The summed E-state index contributed by atoms with van der Waals surface area (Å²) in [4.78, 5) is 15.1. The summed E-state index contributed by atoms with van der Waals surface area (Å²) in [6.45, 7) is 8.24. The first-order valence-corrected chi connectivity index (χ1v) is 7.89. The molecule has 0 atom stereocenters. The van der Waals surface area contributed by atoms with E-state index in [1.165, 1.54) is 16.1 Å². The van der Waals surface area contributed by atoms with Crippen LogP contribution in [0.4, 0.5) is 11.9 Å². The zero-order valence-corrected chi connectivity index (χ0v) is 13.6. The highest BCUT2D eigenvalue weighted by Gasteiger charge is 2.14. The van der Waals surface area contributed by atoms with Gasteiger partial charge >= 0.3 is 0 Å². The first-order valence-electron chi connectivity index (χ1n) is 7.11. The topological polar surface area (TPSA) is 99.3 Å². The molecule has 0 spiro atoms. The second kappa shape index (κ2) is 7.21. The van der Waals surface area contributed by atoms with E-state index in [0.717, 1.165) is 25.0 Å². The fraction of sp³-hybridized carbons (Fsp3) is 0.462. The second-order valence-corrected chi connectivity index (χ2v) is 5.29. The Hall–Kier alpha value is -2.16. The summed E-state index contributed by atoms with van der Waals surface area (Å²) < 4.78 is 1.25. The smallest absolute Gasteiger partial charge is 0.231 e. The number of nitrogens with zero attached hydrogens (tertiary/aromatic N) is 5. The van der Waals surface area contributed by atoms with Crippen molar-refractivity contribution in [2.24, 2.45) is 0 Å². The minimum absolute atomic E-state index is 0.0719. The molecule has 8 nitrogen and oxygen atoms in total. The van der Waals surface area contributed by atoms with E-state index in [2.05, 4.69) is 20.3 Å². The third kappa shape index (κ3) is 3.53. The highest BCUT2D eigenvalue weighted by molar-refractivity contribution is 7.97. The van der Waals surface area contributed by atoms with Gasteiger partial charge in [0, 0.05) is 43.7 Å². The molecular weight excluding hydrogens is 304 g/mol. The third-order valence-electron chi connectivity index (χ3n) is 2.95. The molecule has 2 rings (SSSR count). The van der Waals surface area contributed by atoms with Gasteiger partial charge in [0.05, 0.1) is 0 Å². The third-order valence-corrected chi connectivity index (χ3v) is 3.86. The normalized spacial score (nSPS) is 10.7. The fourth-order valence-corrected chi connectivity index (χ4v) is 2.57. The number of nitrogens with one attached hydrogen (secondary N) is 1. The van der Waals surface area contributed by atoms with Crippen LogP contribution in [0.2, 0.25) is 0 Å². The van der Waals surface area contributed by atoms with Crippen molar-refractivity contribution in [2.75, 3.05) is 29.9 Å². The molecule has 0 aliphatic carbocycles. The van der Waals surface area contributed by atoms with Crippen molar-refractivity contribution in [3.05, 3.63) is 12.1 Å². The molecule has 0 unspecified atom stereocenters. The Kier molecular flexibility index (Phi) is 5.31. The Morgan fingerprint density at radius 2 is 1.73 bits per heavy atom. The van der Waals surface area contributed by atoms with Crippen LogP contribution in [0.25, 0.3) is 0 Å². The van der Waals surface area contributed by atoms with Crippen LogP contribution in [-0.4, -0.2) is 48.8 Å². The lowest BCUT2D eigenvalue weighted by molar-refractivity contribution is 0.416. The maximum atomic E-state index is 9.72. The Bertz CT molecular complexity index is 609. The van der Waals surface area contributed by atoms with Gasteiger partial charge in [-0.15, -0.1) is 0 Å². The summed E-state index contributed by atoms with van der Waals surface area (Å²) in [5, 5.41) is 22.9. The molecule has 0 bridgehead atoms. The van der Waals surface area contributed by atoms with Crippen molar-refractivity contribution in [3.63, 3.8) is 0 Å². The van der Waals surface area contributed by atoms with Crippen LogP contribution in [0.3, 0.4) is 0 Å². The van der Waals surface area contributed by atoms with E-state index in [9.17, 15) is 10.2 Å². The van der Waals surface area contributed by atoms with E-state index in [0.29, 0.717) is 23.6 Å². The minimum Gasteiger partial charge on any atom is -0.494 e. The molecule has 0 aliphatic rings. The van der Waals surface area contributed by atoms with Crippen molar-refractivity contribution in [3.8, 4) is 11.8 Å². The van der Waals surface area contributed by atoms with Gasteiger partial charge in [0.2, 0.25) is 28.8 Å². The van der Waals surface area contributed by atoms with Gasteiger partial charge in [-0.05, 0) is 20.8 Å². The lowest BCUT2D eigenvalue weighted by Gasteiger charge is -2.19. The average Bonchev–Trinajstić information content (AvgIpc) is 2.81. The molecule has 9 heteroatoms. The predicted molar refractivity (Wildman–Crippen MR) is 86.6 cm³/mol. The fourth-order valence-electron chi connectivity index (χ4n) is 1.85. The molecule has 0 fully saturated rings. The van der Waals surface area contributed by atoms with Crippen LogP contribution in [-0.2, 0) is 0 Å². The molecule has 2 aromatic rings. The maximum absolute atomic E-state index is 9.72. The maximum Gasteiger partial charge on any atom is 0.231 e. The van der Waals surface area contributed by atoms with Crippen LogP contribution in [0.5, 0.6) is 11.8 Å². The minimum atomic E-state index is -0.0719. The van der Waals surface area contributed by atoms with Crippen LogP contribution in [0.1, 0.15) is 20.8 Å². The Morgan fingerprint density at radius 3 is 2.27 bits per heavy atom. The monoisotopic (exact) mass is 324 g/mol. The van der Waals surface area contributed by atoms with Gasteiger partial charge in [-0.3, -0.25) is 0 Å². The summed E-state index contributed by atoms with van der Waals surface area (Å²) in [6.07, 6.45) is 0. The van der Waals surface area contributed by atoms with Crippen molar-refractivity contribution in [1.29, 1.82) is 0 Å². The molecule has 0 saturated heterocycles. The number of anilines is 2. The summed E-state index contributed by atoms with van der Waals surface area (Å²) in [6, 6.07) is 2.81. The number of aromatic hydroxyl groups is 2. The van der Waals surface area contributed by atoms with E-state index in [-0.39, 0.29) is 11.8 Å². The molecule has 0 radical (unpaired) electrons. The molecule has 2 aromatic heterocycles. The number of hydrogen-bond donors (Lipinski definition) is 3. The molecule has 0 aliphatic heterocycles. The molecule has 2 heterocycles. The molecule has 3 N–H and O–H groups in total. The quantitative estimate of drug-likeness (QED) is 0.710. The van der Waals surface area contributed by atoms with E-state index < -0.39 is 0 Å². The van der Waals surface area contributed by atoms with E-state index in [4.69, 9.17) is 0 Å². The lowest BCUT2D eigenvalue weighted by atomic mass is 10.5. The molecule has 0 amide bonds. The predicted octanol–water partition coefficient (Wildman–Crippen LogP) is 1.92. The van der Waals surface area contributed by atoms with Crippen LogP contribution >= 0.6 is 11.9 Å². The zero-order valence-electron chi connectivity index (χ0n) is 12.8. The highest BCUT2D eigenvalue weighted by Crippen LogP contribution is 2.31. The van der Waals surface area contributed by atoms with Gasteiger partial charge in [-0.2, -0.15) is 15.0 Å². The summed E-state index contributed by atoms with van der Waals surface area (Å²) in [7, 11) is 0. The van der Waals surface area contributed by atoms with Gasteiger partial charge in [-0.25, -0.2) is 3.97 Å². The standard InChI is InChI=1S/C13H20N6O2S/c1-4-14-11-15-12(18(5-2)6-3)17-13(16-11)22-19-9(20)7-8-10(19)21/h7-8,20-21H,4-6H2,1-3H3,(H,14,15,16,17). The van der Waals surface area contributed by atoms with Gasteiger partial charge in [0.25, 0.3) is 0 Å². The molecule has 120 valence electrons. The molecule has 0 aromatic carbocycles. The largest absolute Gasteiger partial charge is 0.494 e. The van der Waals surface area contributed by atoms with E-state index in [1.54, 1.807) is 0 Å². The Labute approximate surface area is 133 Å². The van der Waals surface area contributed by atoms with Crippen molar-refractivity contribution < 1.29 is 10.2 Å². The first kappa shape index (κ1) is 16.2. The Balaban J connectivity index is 2.37. The van der Waals surface area contributed by atoms with Crippen LogP contribution < -0.4 is 10.2 Å². The van der Waals surface area contributed by atoms with Gasteiger partial charge < -0.3 is 20.4 Å². The highest BCUT2D eigenvalue weighted by atomic mass is 32.2. The van der Waals surface area contributed by atoms with Crippen LogP contribution in [0, 0.1) is 0 Å². The van der Waals surface area contributed by atoms with Gasteiger partial charge in [0.15, 0.2) is 0 Å². The summed E-state index contributed by atoms with van der Waals surface area (Å²) in [5.41, 5.74) is 0. The van der Waals surface area contributed by atoms with Crippen molar-refractivity contribution >= 4 is 23.8 Å². The number of aromatic nitrogens is 4. The summed E-state index contributed by atoms with van der Waals surface area (Å²) in [5.74, 6) is 0.882. The number of rotatable bonds is 7. The van der Waals surface area contributed by atoms with E-state index in [1.807, 2.05) is 25.7 Å². The molecular formula is C13H20N6O2S. The lowest BCUT2D eigenvalue weighted by Crippen LogP contribution is -2.25. The molecule has 22 heavy (non-hydrogen) atoms. The Morgan fingerprint density at radius 1 is 1.09 bits per heavy atom. The van der Waals surface area contributed by atoms with E-state index >= 15 is 0 Å². The molecule has 0 saturated carbocycles. The first-order chi connectivity index (χ1) is 10.6. The SMILES string of the molecule is CCNc1nc(Sn2c(O)ccc2O)nc(N(CC)CC)n1. The average molecular weight is 324 g/mol. The van der Waals surface area contributed by atoms with Gasteiger partial charge in [0.1, 0.15) is 0 Å². The van der Waals surface area contributed by atoms with Crippen molar-refractivity contribution in [1.82, 2.24) is 18.9 Å². The van der Waals surface area contributed by atoms with Crippen LogP contribution in [0.15, 0.2) is 17.3 Å². The summed E-state index contributed by atoms with van der Waals surface area (Å²) >= 11 is 1.03. The van der Waals surface area contributed by atoms with Gasteiger partial charge in [-0.1, -0.05) is 0 Å². The zero-order chi connectivity index (χ0) is 16.1. The second-order valence-electron chi connectivity index (χ2n) is 4.38. The van der Waals surface area contributed by atoms with Crippen molar-refractivity contribution in [2.45, 2.75) is 25.9 Å².